The van der Waals surface area contributed by atoms with E-state index in [0.29, 0.717) is 38.6 Å². The normalized spacial score (nSPS) is 27.2. The number of nitrogens with one attached hydrogen (secondary N) is 4. The lowest BCUT2D eigenvalue weighted by atomic mass is 9.55. The molecule has 0 aromatic rings. The zero-order chi connectivity index (χ0) is 39.0. The van der Waals surface area contributed by atoms with Crippen LogP contribution in [0.15, 0.2) is 12.7 Å². The van der Waals surface area contributed by atoms with Crippen LogP contribution in [0.5, 0.6) is 0 Å². The molecular weight excluding hydrogens is 695 g/mol. The van der Waals surface area contributed by atoms with E-state index in [1.165, 1.54) is 6.08 Å². The van der Waals surface area contributed by atoms with Crippen molar-refractivity contribution in [3.63, 3.8) is 0 Å². The Morgan fingerprint density at radius 2 is 1.51 bits per heavy atom. The van der Waals surface area contributed by atoms with Gasteiger partial charge in [0.2, 0.25) is 17.6 Å². The van der Waals surface area contributed by atoms with Gasteiger partial charge in [-0.3, -0.25) is 19.2 Å². The average Bonchev–Trinajstić information content (AvgIpc) is 3.83. The number of sulfone groups is 1. The SMILES string of the molecule is C=CCNC(=O)C(=O)C(CC1CC1)NC(=O)C1C2C(CN1C(=O)C(NC(=O)NC1(CS(=O)(=O)C(C)(C)C)CCCCC1)C1(C)CCCCC1)CC2(C)C. The van der Waals surface area contributed by atoms with E-state index < -0.39 is 67.3 Å². The van der Waals surface area contributed by atoms with Gasteiger partial charge in [-0.2, -0.15) is 0 Å². The Morgan fingerprint density at radius 3 is 2.06 bits per heavy atom. The number of urea groups is 1. The summed E-state index contributed by atoms with van der Waals surface area (Å²) in [5, 5.41) is 11.6. The molecule has 4 N–H and O–H groups in total. The predicted octanol–water partition coefficient (Wildman–Crippen LogP) is 4.57. The number of fused-ring (bicyclic) bond motifs is 1. The first-order valence-electron chi connectivity index (χ1n) is 20.1. The number of hydrogen-bond donors (Lipinski definition) is 4. The molecule has 5 unspecified atom stereocenters. The van der Waals surface area contributed by atoms with E-state index in [0.717, 1.165) is 57.8 Å². The molecule has 4 aliphatic carbocycles. The molecule has 5 aliphatic rings. The Labute approximate surface area is 317 Å². The van der Waals surface area contributed by atoms with Gasteiger partial charge in [-0.15, -0.1) is 6.58 Å². The lowest BCUT2D eigenvalue weighted by molar-refractivity contribution is -0.146. The van der Waals surface area contributed by atoms with Gasteiger partial charge in [0.25, 0.3) is 5.91 Å². The monoisotopic (exact) mass is 759 g/mol. The third-order valence-corrected chi connectivity index (χ3v) is 16.0. The van der Waals surface area contributed by atoms with Crippen LogP contribution in [-0.4, -0.2) is 90.1 Å². The number of rotatable bonds is 14. The second kappa shape index (κ2) is 15.6. The van der Waals surface area contributed by atoms with Gasteiger partial charge in [0, 0.05) is 13.1 Å². The highest BCUT2D eigenvalue weighted by molar-refractivity contribution is 7.92. The van der Waals surface area contributed by atoms with Gasteiger partial charge in [-0.05, 0) is 87.9 Å². The molecule has 5 atom stereocenters. The van der Waals surface area contributed by atoms with Crippen molar-refractivity contribution in [1.82, 2.24) is 26.2 Å². The minimum Gasteiger partial charge on any atom is -0.346 e. The van der Waals surface area contributed by atoms with Crippen LogP contribution in [0.1, 0.15) is 131 Å². The Bertz CT molecular complexity index is 1540. The van der Waals surface area contributed by atoms with Crippen molar-refractivity contribution in [3.8, 4) is 0 Å². The molecule has 1 aliphatic heterocycles. The topological polar surface area (TPSA) is 171 Å². The number of Topliss-reactive ketones (excluding diaryl/α,β-unsaturated/α-hetero) is 1. The summed E-state index contributed by atoms with van der Waals surface area (Å²) in [4.78, 5) is 71.4. The summed E-state index contributed by atoms with van der Waals surface area (Å²) < 4.78 is 26.0. The summed E-state index contributed by atoms with van der Waals surface area (Å²) in [6, 6.07) is -3.40. The molecule has 5 rings (SSSR count). The smallest absolute Gasteiger partial charge is 0.315 e. The number of likely N-dealkylation sites (tertiary alicyclic amines) is 1. The van der Waals surface area contributed by atoms with Gasteiger partial charge in [0.05, 0.1) is 22.1 Å². The quantitative estimate of drug-likeness (QED) is 0.149. The molecule has 0 aromatic heterocycles. The fourth-order valence-electron chi connectivity index (χ4n) is 9.83. The highest BCUT2D eigenvalue weighted by atomic mass is 32.2. The van der Waals surface area contributed by atoms with Crippen LogP contribution in [-0.2, 0) is 29.0 Å². The molecule has 53 heavy (non-hydrogen) atoms. The number of ketones is 1. The summed E-state index contributed by atoms with van der Waals surface area (Å²) in [7, 11) is -3.57. The number of nitrogens with zero attached hydrogens (tertiary/aromatic N) is 1. The maximum Gasteiger partial charge on any atom is 0.315 e. The molecule has 298 valence electrons. The van der Waals surface area contributed by atoms with Crippen LogP contribution >= 0.6 is 0 Å². The molecule has 1 heterocycles. The van der Waals surface area contributed by atoms with Gasteiger partial charge in [-0.1, -0.05) is 78.2 Å². The van der Waals surface area contributed by atoms with E-state index >= 15 is 4.79 Å². The second-order valence-electron chi connectivity index (χ2n) is 19.0. The lowest BCUT2D eigenvalue weighted by Crippen LogP contribution is -2.65. The second-order valence-corrected chi connectivity index (χ2v) is 21.7. The van der Waals surface area contributed by atoms with Crippen molar-refractivity contribution < 1.29 is 32.4 Å². The molecule has 4 saturated carbocycles. The van der Waals surface area contributed by atoms with Gasteiger partial charge < -0.3 is 26.2 Å². The third kappa shape index (κ3) is 9.13. The van der Waals surface area contributed by atoms with Gasteiger partial charge in [0.1, 0.15) is 12.1 Å². The van der Waals surface area contributed by atoms with Crippen LogP contribution in [0.3, 0.4) is 0 Å². The first kappa shape index (κ1) is 41.2. The molecule has 12 nitrogen and oxygen atoms in total. The maximum absolute atomic E-state index is 15.1. The van der Waals surface area contributed by atoms with Crippen molar-refractivity contribution in [2.45, 2.75) is 160 Å². The number of hydrogen-bond acceptors (Lipinski definition) is 7. The highest BCUT2D eigenvalue weighted by Gasteiger charge is 2.62. The summed E-state index contributed by atoms with van der Waals surface area (Å²) in [5.41, 5.74) is -1.77. The van der Waals surface area contributed by atoms with Crippen molar-refractivity contribution in [2.75, 3.05) is 18.8 Å². The van der Waals surface area contributed by atoms with E-state index in [2.05, 4.69) is 41.7 Å². The van der Waals surface area contributed by atoms with Gasteiger partial charge >= 0.3 is 6.03 Å². The van der Waals surface area contributed by atoms with Crippen LogP contribution in [0.2, 0.25) is 0 Å². The van der Waals surface area contributed by atoms with Crippen LogP contribution < -0.4 is 21.3 Å². The van der Waals surface area contributed by atoms with Crippen molar-refractivity contribution in [1.29, 1.82) is 0 Å². The maximum atomic E-state index is 15.1. The number of carbonyl (C=O) groups is 5. The largest absolute Gasteiger partial charge is 0.346 e. The molecule has 0 spiro atoms. The molecule has 1 saturated heterocycles. The van der Waals surface area contributed by atoms with Crippen LogP contribution in [0, 0.1) is 28.6 Å². The summed E-state index contributed by atoms with van der Waals surface area (Å²) in [6.45, 7) is 15.3. The van der Waals surface area contributed by atoms with Gasteiger partial charge in [0.15, 0.2) is 9.84 Å². The van der Waals surface area contributed by atoms with E-state index in [-0.39, 0.29) is 41.4 Å². The van der Waals surface area contributed by atoms with Crippen molar-refractivity contribution in [3.05, 3.63) is 12.7 Å². The molecule has 5 fully saturated rings. The number of amides is 5. The molecule has 13 heteroatoms. The molecule has 0 bridgehead atoms. The van der Waals surface area contributed by atoms with E-state index in [1.807, 2.05) is 6.92 Å². The zero-order valence-electron chi connectivity index (χ0n) is 33.0. The first-order valence-corrected chi connectivity index (χ1v) is 21.7. The van der Waals surface area contributed by atoms with E-state index in [1.54, 1.807) is 25.7 Å². The Hall–Kier alpha value is -2.96. The number of carbonyl (C=O) groups excluding carboxylic acids is 5. The minimum absolute atomic E-state index is 0.0833. The predicted molar refractivity (Wildman–Crippen MR) is 204 cm³/mol. The van der Waals surface area contributed by atoms with Crippen molar-refractivity contribution >= 4 is 39.4 Å². The fourth-order valence-corrected chi connectivity index (χ4v) is 11.3. The standard InChI is InChI=1S/C40H65N5O7S/c1-8-21-41-34(48)31(46)28(22-26-15-16-26)42-33(47)30-29-27(23-38(29,5)6)24-45(30)35(49)32(39(7)17-11-9-12-18-39)43-36(50)44-40(19-13-10-14-20-40)25-53(51,52)37(2,3)4/h8,26-30,32H,1,9-25H2,2-7H3,(H,41,48)(H,42,47)(H2,43,44,50). The van der Waals surface area contributed by atoms with Crippen molar-refractivity contribution in [2.24, 2.45) is 28.6 Å². The van der Waals surface area contributed by atoms with E-state index in [9.17, 15) is 27.6 Å². The van der Waals surface area contributed by atoms with Crippen LogP contribution in [0.25, 0.3) is 0 Å². The lowest BCUT2D eigenvalue weighted by Gasteiger charge is -2.49. The molecule has 0 radical (unpaired) electrons. The van der Waals surface area contributed by atoms with Gasteiger partial charge in [-0.25, -0.2) is 13.2 Å². The summed E-state index contributed by atoms with van der Waals surface area (Å²) >= 11 is 0. The minimum atomic E-state index is -3.57. The molecule has 5 amide bonds. The Morgan fingerprint density at radius 1 is 0.906 bits per heavy atom. The third-order valence-electron chi connectivity index (χ3n) is 13.2. The summed E-state index contributed by atoms with van der Waals surface area (Å²) in [6.07, 6.45) is 12.4. The average molecular weight is 760 g/mol. The summed E-state index contributed by atoms with van der Waals surface area (Å²) in [5.74, 6) is -2.25. The van der Waals surface area contributed by atoms with Crippen LogP contribution in [0.4, 0.5) is 4.79 Å². The van der Waals surface area contributed by atoms with E-state index in [4.69, 9.17) is 0 Å². The first-order chi connectivity index (χ1) is 24.7. The molecule has 0 aromatic carbocycles. The highest BCUT2D eigenvalue weighted by Crippen LogP contribution is 2.57. The molecular formula is C40H65N5O7S. The Kier molecular flexibility index (Phi) is 12.2. The fraction of sp³-hybridized carbons (Fsp3) is 0.825. The Balaban J connectivity index is 1.42. The zero-order valence-corrected chi connectivity index (χ0v) is 33.8.